The Hall–Kier alpha value is -0.140. The third-order valence-corrected chi connectivity index (χ3v) is 2.81. The van der Waals surface area contributed by atoms with Crippen LogP contribution < -0.4 is 0 Å². The number of aliphatic hydroxyl groups excluding tert-OH is 1. The van der Waals surface area contributed by atoms with E-state index < -0.39 is 6.29 Å². The van der Waals surface area contributed by atoms with Crippen LogP contribution in [0.4, 0.5) is 0 Å². The van der Waals surface area contributed by atoms with Crippen LogP contribution in [0.15, 0.2) is 0 Å². The fourth-order valence-corrected chi connectivity index (χ4v) is 1.70. The smallest absolute Gasteiger partial charge is 0.190 e. The molecule has 0 radical (unpaired) electrons. The van der Waals surface area contributed by atoms with Crippen molar-refractivity contribution in [2.24, 2.45) is 0 Å². The topological polar surface area (TPSA) is 59.0 Å². The Labute approximate surface area is 107 Å². The minimum atomic E-state index is -0.572. The lowest BCUT2D eigenvalue weighted by Crippen LogP contribution is -2.23. The number of hydrogen-bond acceptors (Lipinski definition) is 6. The van der Waals surface area contributed by atoms with Crippen LogP contribution in [0.3, 0.4) is 0 Å². The van der Waals surface area contributed by atoms with E-state index in [1.807, 2.05) is 25.9 Å². The number of hydrogen-bond donors (Lipinski definition) is 1. The number of nitrogens with zero attached hydrogens (tertiary/aromatic N) is 1. The number of ether oxygens (including phenoxy) is 2. The second-order valence-electron chi connectivity index (χ2n) is 3.71. The molecule has 0 amide bonds. The van der Waals surface area contributed by atoms with Crippen molar-refractivity contribution in [2.45, 2.75) is 19.6 Å². The Balaban J connectivity index is 3.46. The zero-order valence-electron chi connectivity index (χ0n) is 10.8. The molecule has 0 saturated carbocycles. The molecule has 0 rings (SSSR count). The molecule has 0 aliphatic heterocycles. The maximum absolute atomic E-state index is 11.4. The summed E-state index contributed by atoms with van der Waals surface area (Å²) in [7, 11) is 3.88. The molecule has 0 spiro atoms. The molecule has 6 heteroatoms. The van der Waals surface area contributed by atoms with E-state index in [1.165, 1.54) is 11.8 Å². The lowest BCUT2D eigenvalue weighted by atomic mass is 10.4. The third kappa shape index (κ3) is 10.7. The van der Waals surface area contributed by atoms with Gasteiger partial charge in [0, 0.05) is 25.3 Å². The molecule has 0 bridgehead atoms. The van der Waals surface area contributed by atoms with Gasteiger partial charge in [-0.25, -0.2) is 0 Å². The highest BCUT2D eigenvalue weighted by Gasteiger charge is 2.07. The van der Waals surface area contributed by atoms with E-state index in [1.54, 1.807) is 0 Å². The Kier molecular flexibility index (Phi) is 10.9. The molecular formula is C11H23NO4S. The molecule has 1 atom stereocenters. The number of carbonyl (C=O) groups is 1. The molecule has 0 aromatic carbocycles. The molecule has 0 aliphatic carbocycles. The molecule has 0 aliphatic rings. The summed E-state index contributed by atoms with van der Waals surface area (Å²) < 4.78 is 10.4. The van der Waals surface area contributed by atoms with E-state index in [4.69, 9.17) is 14.6 Å². The van der Waals surface area contributed by atoms with Gasteiger partial charge in [0.2, 0.25) is 0 Å². The van der Waals surface area contributed by atoms with Crippen LogP contribution in [0.1, 0.15) is 13.3 Å². The molecular weight excluding hydrogens is 242 g/mol. The molecule has 0 aromatic rings. The van der Waals surface area contributed by atoms with Crippen LogP contribution in [0.2, 0.25) is 0 Å². The number of aliphatic hydroxyl groups is 1. The maximum Gasteiger partial charge on any atom is 0.190 e. The van der Waals surface area contributed by atoms with Gasteiger partial charge in [0.1, 0.15) is 0 Å². The van der Waals surface area contributed by atoms with Crippen molar-refractivity contribution < 1.29 is 19.4 Å². The summed E-state index contributed by atoms with van der Waals surface area (Å²) in [5, 5.41) is 9.05. The first kappa shape index (κ1) is 16.9. The average Bonchev–Trinajstić information content (AvgIpc) is 2.30. The van der Waals surface area contributed by atoms with Crippen LogP contribution in [0, 0.1) is 0 Å². The van der Waals surface area contributed by atoms with E-state index in [-0.39, 0.29) is 11.7 Å². The molecule has 1 N–H and O–H groups in total. The van der Waals surface area contributed by atoms with Crippen molar-refractivity contribution in [1.82, 2.24) is 4.90 Å². The van der Waals surface area contributed by atoms with Crippen LogP contribution in [-0.2, 0) is 14.3 Å². The zero-order valence-corrected chi connectivity index (χ0v) is 11.7. The van der Waals surface area contributed by atoms with Crippen molar-refractivity contribution >= 4 is 16.9 Å². The molecule has 1 unspecified atom stereocenters. The second-order valence-corrected chi connectivity index (χ2v) is 4.86. The quantitative estimate of drug-likeness (QED) is 0.460. The highest BCUT2D eigenvalue weighted by atomic mass is 32.2. The second kappa shape index (κ2) is 11.0. The van der Waals surface area contributed by atoms with Gasteiger partial charge in [-0.05, 0) is 21.0 Å². The molecule has 5 nitrogen and oxygen atoms in total. The van der Waals surface area contributed by atoms with Crippen molar-refractivity contribution in [3.8, 4) is 0 Å². The maximum atomic E-state index is 11.4. The summed E-state index contributed by atoms with van der Waals surface area (Å²) in [6.45, 7) is 3.35. The Bertz CT molecular complexity index is 202. The Morgan fingerprint density at radius 2 is 2.12 bits per heavy atom. The van der Waals surface area contributed by atoms with Crippen molar-refractivity contribution in [1.29, 1.82) is 0 Å². The minimum Gasteiger partial charge on any atom is -0.391 e. The molecule has 0 aromatic heterocycles. The van der Waals surface area contributed by atoms with Gasteiger partial charge in [0.15, 0.2) is 11.4 Å². The average molecular weight is 265 g/mol. The Morgan fingerprint density at radius 1 is 1.41 bits per heavy atom. The highest BCUT2D eigenvalue weighted by molar-refractivity contribution is 8.13. The third-order valence-electron chi connectivity index (χ3n) is 1.91. The van der Waals surface area contributed by atoms with Gasteiger partial charge in [0.05, 0.1) is 13.2 Å². The molecule has 102 valence electrons. The lowest BCUT2D eigenvalue weighted by Gasteiger charge is -2.14. The first-order chi connectivity index (χ1) is 8.10. The summed E-state index contributed by atoms with van der Waals surface area (Å²) in [5.74, 6) is 0.593. The van der Waals surface area contributed by atoms with Gasteiger partial charge in [-0.1, -0.05) is 11.8 Å². The Morgan fingerprint density at radius 3 is 2.65 bits per heavy atom. The zero-order chi connectivity index (χ0) is 13.1. The van der Waals surface area contributed by atoms with Crippen LogP contribution in [0.25, 0.3) is 0 Å². The van der Waals surface area contributed by atoms with Crippen LogP contribution >= 0.6 is 11.8 Å². The monoisotopic (exact) mass is 265 g/mol. The van der Waals surface area contributed by atoms with E-state index in [2.05, 4.69) is 0 Å². The van der Waals surface area contributed by atoms with Gasteiger partial charge >= 0.3 is 0 Å². The summed E-state index contributed by atoms with van der Waals surface area (Å²) in [6, 6.07) is 0. The molecule has 0 fully saturated rings. The lowest BCUT2D eigenvalue weighted by molar-refractivity contribution is -0.156. The SMILES string of the molecule is CCOC(CO)OCCSC(=O)CCN(C)C. The first-order valence-corrected chi connectivity index (χ1v) is 6.73. The summed E-state index contributed by atoms with van der Waals surface area (Å²) in [6.07, 6.45) is -0.0236. The van der Waals surface area contributed by atoms with Gasteiger partial charge in [-0.3, -0.25) is 4.79 Å². The number of thioether (sulfide) groups is 1. The van der Waals surface area contributed by atoms with Crippen LogP contribution in [-0.4, -0.2) is 67.6 Å². The largest absolute Gasteiger partial charge is 0.391 e. The van der Waals surface area contributed by atoms with E-state index >= 15 is 0 Å². The fourth-order valence-electron chi connectivity index (χ4n) is 1.06. The summed E-state index contributed by atoms with van der Waals surface area (Å²) >= 11 is 1.26. The molecule has 0 saturated heterocycles. The molecule has 17 heavy (non-hydrogen) atoms. The predicted octanol–water partition coefficient (Wildman–Crippen LogP) is 0.569. The van der Waals surface area contributed by atoms with Gasteiger partial charge in [-0.2, -0.15) is 0 Å². The summed E-state index contributed by atoms with van der Waals surface area (Å²) in [4.78, 5) is 13.4. The van der Waals surface area contributed by atoms with Crippen LogP contribution in [0.5, 0.6) is 0 Å². The fraction of sp³-hybridized carbons (Fsp3) is 0.909. The predicted molar refractivity (Wildman–Crippen MR) is 69.1 cm³/mol. The standard InChI is InChI=1S/C11H23NO4S/c1-4-15-11(9-13)16-7-8-17-10(14)5-6-12(2)3/h11,13H,4-9H2,1-3H3. The minimum absolute atomic E-state index is 0.160. The highest BCUT2D eigenvalue weighted by Crippen LogP contribution is 2.06. The van der Waals surface area contributed by atoms with E-state index in [0.29, 0.717) is 25.4 Å². The summed E-state index contributed by atoms with van der Waals surface area (Å²) in [5.41, 5.74) is 0. The van der Waals surface area contributed by atoms with Crippen molar-refractivity contribution in [3.05, 3.63) is 0 Å². The first-order valence-electron chi connectivity index (χ1n) is 5.74. The number of rotatable bonds is 10. The number of carbonyl (C=O) groups excluding carboxylic acids is 1. The van der Waals surface area contributed by atoms with E-state index in [0.717, 1.165) is 6.54 Å². The van der Waals surface area contributed by atoms with Gasteiger partial charge in [-0.15, -0.1) is 0 Å². The van der Waals surface area contributed by atoms with Gasteiger partial charge in [0.25, 0.3) is 0 Å². The van der Waals surface area contributed by atoms with Gasteiger partial charge < -0.3 is 19.5 Å². The van der Waals surface area contributed by atoms with Crippen molar-refractivity contribution in [3.63, 3.8) is 0 Å². The van der Waals surface area contributed by atoms with E-state index in [9.17, 15) is 4.79 Å². The molecule has 0 heterocycles. The normalized spacial score (nSPS) is 13.0. The van der Waals surface area contributed by atoms with Crippen molar-refractivity contribution in [2.75, 3.05) is 46.2 Å².